The van der Waals surface area contributed by atoms with Crippen molar-refractivity contribution in [3.05, 3.63) is 131 Å². The Morgan fingerprint density at radius 3 is 1.89 bits per heavy atom. The highest BCUT2D eigenvalue weighted by Crippen LogP contribution is 2.53. The maximum absolute atomic E-state index is 5.87. The van der Waals surface area contributed by atoms with Crippen molar-refractivity contribution in [3.63, 3.8) is 0 Å². The Balaban J connectivity index is 1.37. The van der Waals surface area contributed by atoms with Crippen LogP contribution < -0.4 is 4.74 Å². The third-order valence-electron chi connectivity index (χ3n) is 8.79. The van der Waals surface area contributed by atoms with Gasteiger partial charge in [-0.15, -0.1) is 0 Å². The predicted octanol–water partition coefficient (Wildman–Crippen LogP) is 9.53. The van der Waals surface area contributed by atoms with Crippen LogP contribution in [0.1, 0.15) is 79.2 Å². The molecule has 0 bridgehead atoms. The molecule has 0 aliphatic heterocycles. The fourth-order valence-electron chi connectivity index (χ4n) is 7.10. The van der Waals surface area contributed by atoms with Crippen LogP contribution >= 0.6 is 0 Å². The topological polar surface area (TPSA) is 9.23 Å². The standard InChI is InChI=1S/C36H36O/c1-4-23-36(2,33-19-11-12-20-35(33)37-3)34-24-25(26-13-5-10-18-32(26)34)21-22-31-29-16-8-6-14-27(29)28-15-7-9-17-30(28)31/h5-20,24-25,31H,4,21-23H2,1-3H3. The molecule has 1 heteroatoms. The quantitative estimate of drug-likeness (QED) is 0.242. The third kappa shape index (κ3) is 3.93. The largest absolute Gasteiger partial charge is 0.496 e. The van der Waals surface area contributed by atoms with Gasteiger partial charge in [0.25, 0.3) is 0 Å². The van der Waals surface area contributed by atoms with E-state index < -0.39 is 0 Å². The molecule has 0 heterocycles. The Kier molecular flexibility index (Phi) is 6.24. The van der Waals surface area contributed by atoms with Crippen LogP contribution in [0.4, 0.5) is 0 Å². The van der Waals surface area contributed by atoms with Crippen LogP contribution in [0.3, 0.4) is 0 Å². The summed E-state index contributed by atoms with van der Waals surface area (Å²) < 4.78 is 5.87. The van der Waals surface area contributed by atoms with Gasteiger partial charge in [0.2, 0.25) is 0 Å². The molecule has 0 N–H and O–H groups in total. The lowest BCUT2D eigenvalue weighted by Crippen LogP contribution is -2.24. The minimum absolute atomic E-state index is 0.0984. The lowest BCUT2D eigenvalue weighted by atomic mass is 9.70. The highest BCUT2D eigenvalue weighted by atomic mass is 16.5. The zero-order chi connectivity index (χ0) is 25.4. The summed E-state index contributed by atoms with van der Waals surface area (Å²) in [5.41, 5.74) is 11.4. The predicted molar refractivity (Wildman–Crippen MR) is 155 cm³/mol. The Morgan fingerprint density at radius 1 is 0.676 bits per heavy atom. The molecule has 1 nitrogen and oxygen atoms in total. The second-order valence-electron chi connectivity index (χ2n) is 10.9. The zero-order valence-electron chi connectivity index (χ0n) is 22.2. The molecule has 2 atom stereocenters. The smallest absolute Gasteiger partial charge is 0.122 e. The number of fused-ring (bicyclic) bond motifs is 4. The minimum atomic E-state index is -0.0984. The third-order valence-corrected chi connectivity index (χ3v) is 8.79. The molecular formula is C36H36O. The first-order valence-electron chi connectivity index (χ1n) is 13.8. The molecule has 2 aliphatic rings. The Bertz CT molecular complexity index is 1420. The number of methoxy groups -OCH3 is 1. The van der Waals surface area contributed by atoms with Crippen molar-refractivity contribution < 1.29 is 4.74 Å². The monoisotopic (exact) mass is 484 g/mol. The van der Waals surface area contributed by atoms with Crippen LogP contribution in [0, 0.1) is 0 Å². The van der Waals surface area contributed by atoms with E-state index in [1.165, 1.54) is 44.5 Å². The average molecular weight is 485 g/mol. The summed E-state index contributed by atoms with van der Waals surface area (Å²) in [5, 5.41) is 0. The van der Waals surface area contributed by atoms with Gasteiger partial charge in [0.05, 0.1) is 7.11 Å². The number of ether oxygens (including phenoxy) is 1. The Hall–Kier alpha value is -3.58. The van der Waals surface area contributed by atoms with Crippen molar-refractivity contribution in [2.45, 2.75) is 56.8 Å². The van der Waals surface area contributed by atoms with Crippen LogP contribution in [-0.2, 0) is 5.41 Å². The molecule has 0 aromatic heterocycles. The maximum atomic E-state index is 5.87. The maximum Gasteiger partial charge on any atom is 0.122 e. The van der Waals surface area contributed by atoms with Crippen molar-refractivity contribution in [3.8, 4) is 16.9 Å². The van der Waals surface area contributed by atoms with E-state index in [-0.39, 0.29) is 5.41 Å². The molecule has 186 valence electrons. The molecule has 0 radical (unpaired) electrons. The Morgan fingerprint density at radius 2 is 1.24 bits per heavy atom. The first-order chi connectivity index (χ1) is 18.2. The molecule has 4 aromatic rings. The first-order valence-corrected chi connectivity index (χ1v) is 13.8. The summed E-state index contributed by atoms with van der Waals surface area (Å²) in [6.07, 6.45) is 7.09. The van der Waals surface area contributed by atoms with Gasteiger partial charge in [-0.1, -0.05) is 117 Å². The van der Waals surface area contributed by atoms with Crippen molar-refractivity contribution in [2.24, 2.45) is 0 Å². The van der Waals surface area contributed by atoms with E-state index in [1.807, 2.05) is 0 Å². The second-order valence-corrected chi connectivity index (χ2v) is 10.9. The molecule has 0 fully saturated rings. The van der Waals surface area contributed by atoms with Crippen LogP contribution in [-0.4, -0.2) is 7.11 Å². The number of para-hydroxylation sites is 1. The van der Waals surface area contributed by atoms with E-state index in [0.717, 1.165) is 31.4 Å². The van der Waals surface area contributed by atoms with Gasteiger partial charge < -0.3 is 4.74 Å². The highest BCUT2D eigenvalue weighted by Gasteiger charge is 2.39. The number of rotatable bonds is 8. The van der Waals surface area contributed by atoms with E-state index in [9.17, 15) is 0 Å². The minimum Gasteiger partial charge on any atom is -0.496 e. The molecule has 37 heavy (non-hydrogen) atoms. The van der Waals surface area contributed by atoms with E-state index in [0.29, 0.717) is 11.8 Å². The summed E-state index contributed by atoms with van der Waals surface area (Å²) in [6, 6.07) is 35.7. The summed E-state index contributed by atoms with van der Waals surface area (Å²) in [4.78, 5) is 0. The van der Waals surface area contributed by atoms with Crippen molar-refractivity contribution in [2.75, 3.05) is 7.11 Å². The van der Waals surface area contributed by atoms with E-state index >= 15 is 0 Å². The van der Waals surface area contributed by atoms with Crippen molar-refractivity contribution >= 4 is 5.57 Å². The lowest BCUT2D eigenvalue weighted by Gasteiger charge is -2.34. The Labute approximate surface area is 221 Å². The molecule has 0 saturated heterocycles. The van der Waals surface area contributed by atoms with Gasteiger partial charge in [-0.05, 0) is 64.3 Å². The summed E-state index contributed by atoms with van der Waals surface area (Å²) in [7, 11) is 1.79. The van der Waals surface area contributed by atoms with Crippen molar-refractivity contribution in [1.29, 1.82) is 0 Å². The van der Waals surface area contributed by atoms with Gasteiger partial charge >= 0.3 is 0 Å². The molecule has 0 saturated carbocycles. The molecule has 0 spiro atoms. The lowest BCUT2D eigenvalue weighted by molar-refractivity contribution is 0.396. The van der Waals surface area contributed by atoms with Gasteiger partial charge in [-0.2, -0.15) is 0 Å². The van der Waals surface area contributed by atoms with Crippen LogP contribution in [0.15, 0.2) is 103 Å². The number of allylic oxidation sites excluding steroid dienone is 2. The highest BCUT2D eigenvalue weighted by molar-refractivity contribution is 5.83. The number of benzene rings is 4. The van der Waals surface area contributed by atoms with E-state index in [2.05, 4.69) is 117 Å². The van der Waals surface area contributed by atoms with Gasteiger partial charge in [0.15, 0.2) is 0 Å². The summed E-state index contributed by atoms with van der Waals surface area (Å²) in [6.45, 7) is 4.71. The summed E-state index contributed by atoms with van der Waals surface area (Å²) >= 11 is 0. The van der Waals surface area contributed by atoms with Gasteiger partial charge in [-0.25, -0.2) is 0 Å². The fourth-order valence-corrected chi connectivity index (χ4v) is 7.10. The van der Waals surface area contributed by atoms with Crippen LogP contribution in [0.5, 0.6) is 5.75 Å². The SMILES string of the molecule is CCCC(C)(C1=CC(CCC2c3ccccc3-c3ccccc32)c2ccccc21)c1ccccc1OC. The van der Waals surface area contributed by atoms with Gasteiger partial charge in [0.1, 0.15) is 5.75 Å². The van der Waals surface area contributed by atoms with Crippen LogP contribution in [0.25, 0.3) is 16.7 Å². The normalized spacial score (nSPS) is 17.5. The molecule has 0 amide bonds. The zero-order valence-corrected chi connectivity index (χ0v) is 22.2. The summed E-state index contributed by atoms with van der Waals surface area (Å²) in [5.74, 6) is 1.88. The van der Waals surface area contributed by atoms with E-state index in [1.54, 1.807) is 7.11 Å². The second kappa shape index (κ2) is 9.71. The number of hydrogen-bond acceptors (Lipinski definition) is 1. The van der Waals surface area contributed by atoms with Crippen molar-refractivity contribution in [1.82, 2.24) is 0 Å². The molecule has 2 unspecified atom stereocenters. The van der Waals surface area contributed by atoms with Gasteiger partial charge in [0, 0.05) is 22.8 Å². The van der Waals surface area contributed by atoms with Crippen LogP contribution in [0.2, 0.25) is 0 Å². The van der Waals surface area contributed by atoms with Gasteiger partial charge in [-0.3, -0.25) is 0 Å². The molecular weight excluding hydrogens is 448 g/mol. The molecule has 4 aromatic carbocycles. The fraction of sp³-hybridized carbons (Fsp3) is 0.278. The first kappa shape index (κ1) is 23.8. The van der Waals surface area contributed by atoms with E-state index in [4.69, 9.17) is 4.74 Å². The average Bonchev–Trinajstić information content (AvgIpc) is 3.48. The number of hydrogen-bond donors (Lipinski definition) is 0. The molecule has 6 rings (SSSR count). The molecule has 2 aliphatic carbocycles.